The molecule has 0 aliphatic rings. The molecule has 0 aliphatic heterocycles. The molecule has 0 saturated carbocycles. The van der Waals surface area contributed by atoms with E-state index in [1.54, 1.807) is 18.3 Å². The van der Waals surface area contributed by atoms with Gasteiger partial charge in [-0.05, 0) is 54.8 Å². The largest absolute Gasteiger partial charge is 0.322 e. The van der Waals surface area contributed by atoms with E-state index in [1.807, 2.05) is 25.1 Å². The first-order chi connectivity index (χ1) is 8.56. The van der Waals surface area contributed by atoms with E-state index in [0.29, 0.717) is 16.5 Å². The van der Waals surface area contributed by atoms with Crippen LogP contribution < -0.4 is 5.73 Å². The van der Waals surface area contributed by atoms with Gasteiger partial charge in [0.15, 0.2) is 0 Å². The first-order valence-corrected chi connectivity index (χ1v) is 6.44. The summed E-state index contributed by atoms with van der Waals surface area (Å²) in [5.74, 6) is 0. The molecule has 1 aromatic carbocycles. The van der Waals surface area contributed by atoms with Crippen molar-refractivity contribution in [2.45, 2.75) is 19.4 Å². The third-order valence-electron chi connectivity index (χ3n) is 2.76. The highest BCUT2D eigenvalue weighted by Crippen LogP contribution is 2.24. The number of rotatable bonds is 3. The molecular formula is C14H14Cl2N2. The van der Waals surface area contributed by atoms with Gasteiger partial charge in [0, 0.05) is 16.2 Å². The summed E-state index contributed by atoms with van der Waals surface area (Å²) in [7, 11) is 0. The van der Waals surface area contributed by atoms with Gasteiger partial charge in [-0.3, -0.25) is 4.98 Å². The van der Waals surface area contributed by atoms with Crippen molar-refractivity contribution in [1.82, 2.24) is 4.98 Å². The van der Waals surface area contributed by atoms with Gasteiger partial charge >= 0.3 is 0 Å². The lowest BCUT2D eigenvalue weighted by atomic mass is 10.0. The van der Waals surface area contributed by atoms with E-state index in [9.17, 15) is 0 Å². The van der Waals surface area contributed by atoms with E-state index in [0.717, 1.165) is 16.8 Å². The molecule has 0 fully saturated rings. The quantitative estimate of drug-likeness (QED) is 0.925. The minimum atomic E-state index is -0.180. The summed E-state index contributed by atoms with van der Waals surface area (Å²) >= 11 is 12.1. The molecule has 2 rings (SSSR count). The van der Waals surface area contributed by atoms with Gasteiger partial charge in [-0.25, -0.2) is 0 Å². The molecule has 1 atom stereocenters. The number of aryl methyl sites for hydroxylation is 1. The Balaban J connectivity index is 2.21. The van der Waals surface area contributed by atoms with Gasteiger partial charge in [0.25, 0.3) is 0 Å². The summed E-state index contributed by atoms with van der Waals surface area (Å²) in [6.45, 7) is 2.02. The summed E-state index contributed by atoms with van der Waals surface area (Å²) in [5.41, 5.74) is 9.11. The lowest BCUT2D eigenvalue weighted by Gasteiger charge is -2.13. The Morgan fingerprint density at radius 3 is 2.72 bits per heavy atom. The molecule has 2 N–H and O–H groups in total. The Morgan fingerprint density at radius 1 is 1.22 bits per heavy atom. The molecule has 1 aromatic heterocycles. The van der Waals surface area contributed by atoms with Gasteiger partial charge in [-0.1, -0.05) is 23.2 Å². The average Bonchev–Trinajstić information content (AvgIpc) is 2.34. The van der Waals surface area contributed by atoms with Crippen molar-refractivity contribution in [2.75, 3.05) is 0 Å². The number of aromatic nitrogens is 1. The molecular weight excluding hydrogens is 267 g/mol. The maximum atomic E-state index is 6.15. The van der Waals surface area contributed by atoms with Gasteiger partial charge in [-0.2, -0.15) is 0 Å². The van der Waals surface area contributed by atoms with Crippen molar-refractivity contribution in [3.8, 4) is 0 Å². The highest BCUT2D eigenvalue weighted by Gasteiger charge is 2.11. The number of pyridine rings is 1. The zero-order valence-electron chi connectivity index (χ0n) is 10.0. The first-order valence-electron chi connectivity index (χ1n) is 5.68. The SMILES string of the molecule is Cc1ccnc(C(N)Cc2cc(Cl)ccc2Cl)c1. The van der Waals surface area contributed by atoms with Crippen LogP contribution in [0, 0.1) is 6.92 Å². The number of benzene rings is 1. The van der Waals surface area contributed by atoms with E-state index >= 15 is 0 Å². The fraction of sp³-hybridized carbons (Fsp3) is 0.214. The number of nitrogens with zero attached hydrogens (tertiary/aromatic N) is 1. The number of halogens is 2. The molecule has 2 nitrogen and oxygen atoms in total. The highest BCUT2D eigenvalue weighted by atomic mass is 35.5. The van der Waals surface area contributed by atoms with E-state index in [1.165, 1.54) is 0 Å². The molecule has 1 unspecified atom stereocenters. The third kappa shape index (κ3) is 3.22. The Labute approximate surface area is 117 Å². The van der Waals surface area contributed by atoms with E-state index in [4.69, 9.17) is 28.9 Å². The van der Waals surface area contributed by atoms with Crippen molar-refractivity contribution >= 4 is 23.2 Å². The molecule has 0 saturated heterocycles. The van der Waals surface area contributed by atoms with Gasteiger partial charge in [-0.15, -0.1) is 0 Å². The number of hydrogen-bond donors (Lipinski definition) is 1. The van der Waals surface area contributed by atoms with Crippen molar-refractivity contribution in [2.24, 2.45) is 5.73 Å². The first kappa shape index (κ1) is 13.3. The average molecular weight is 281 g/mol. The Morgan fingerprint density at radius 2 is 2.00 bits per heavy atom. The van der Waals surface area contributed by atoms with Gasteiger partial charge in [0.05, 0.1) is 11.7 Å². The lowest BCUT2D eigenvalue weighted by molar-refractivity contribution is 0.695. The highest BCUT2D eigenvalue weighted by molar-refractivity contribution is 6.33. The topological polar surface area (TPSA) is 38.9 Å². The normalized spacial score (nSPS) is 12.4. The van der Waals surface area contributed by atoms with E-state index in [-0.39, 0.29) is 6.04 Å². The molecule has 0 amide bonds. The maximum absolute atomic E-state index is 6.15. The summed E-state index contributed by atoms with van der Waals surface area (Å²) < 4.78 is 0. The standard InChI is InChI=1S/C14H14Cl2N2/c1-9-4-5-18-14(6-9)13(17)8-10-7-11(15)2-3-12(10)16/h2-7,13H,8,17H2,1H3. The van der Waals surface area contributed by atoms with E-state index < -0.39 is 0 Å². The maximum Gasteiger partial charge on any atom is 0.0577 e. The van der Waals surface area contributed by atoms with Crippen LogP contribution in [0.25, 0.3) is 0 Å². The van der Waals surface area contributed by atoms with Crippen molar-refractivity contribution in [3.05, 3.63) is 63.4 Å². The lowest BCUT2D eigenvalue weighted by Crippen LogP contribution is -2.15. The molecule has 18 heavy (non-hydrogen) atoms. The second kappa shape index (κ2) is 5.70. The number of hydrogen-bond acceptors (Lipinski definition) is 2. The van der Waals surface area contributed by atoms with Crippen molar-refractivity contribution < 1.29 is 0 Å². The van der Waals surface area contributed by atoms with Gasteiger partial charge in [0.2, 0.25) is 0 Å². The van der Waals surface area contributed by atoms with Crippen LogP contribution in [-0.4, -0.2) is 4.98 Å². The molecule has 2 aromatic rings. The van der Waals surface area contributed by atoms with Gasteiger partial charge in [0.1, 0.15) is 0 Å². The molecule has 0 spiro atoms. The summed E-state index contributed by atoms with van der Waals surface area (Å²) in [5, 5.41) is 1.35. The van der Waals surface area contributed by atoms with Crippen LogP contribution in [-0.2, 0) is 6.42 Å². The Kier molecular flexibility index (Phi) is 4.23. The zero-order chi connectivity index (χ0) is 13.1. The minimum Gasteiger partial charge on any atom is -0.322 e. The molecule has 0 radical (unpaired) electrons. The smallest absolute Gasteiger partial charge is 0.0577 e. The molecule has 0 aliphatic carbocycles. The molecule has 4 heteroatoms. The van der Waals surface area contributed by atoms with Crippen LogP contribution in [0.2, 0.25) is 10.0 Å². The predicted molar refractivity (Wildman–Crippen MR) is 76.1 cm³/mol. The second-order valence-electron chi connectivity index (χ2n) is 4.30. The molecule has 94 valence electrons. The van der Waals surface area contributed by atoms with Crippen LogP contribution in [0.5, 0.6) is 0 Å². The molecule has 1 heterocycles. The van der Waals surface area contributed by atoms with Crippen LogP contribution >= 0.6 is 23.2 Å². The van der Waals surface area contributed by atoms with Crippen LogP contribution in [0.15, 0.2) is 36.5 Å². The van der Waals surface area contributed by atoms with E-state index in [2.05, 4.69) is 4.98 Å². The Hall–Kier alpha value is -1.09. The summed E-state index contributed by atoms with van der Waals surface area (Å²) in [6, 6.07) is 9.16. The van der Waals surface area contributed by atoms with Crippen molar-refractivity contribution in [1.29, 1.82) is 0 Å². The van der Waals surface area contributed by atoms with Crippen LogP contribution in [0.1, 0.15) is 22.9 Å². The summed E-state index contributed by atoms with van der Waals surface area (Å²) in [4.78, 5) is 4.29. The Bertz CT molecular complexity index is 555. The third-order valence-corrected chi connectivity index (χ3v) is 3.37. The number of nitrogens with two attached hydrogens (primary N) is 1. The molecule has 0 bridgehead atoms. The second-order valence-corrected chi connectivity index (χ2v) is 5.15. The van der Waals surface area contributed by atoms with Crippen LogP contribution in [0.3, 0.4) is 0 Å². The van der Waals surface area contributed by atoms with Gasteiger partial charge < -0.3 is 5.73 Å². The minimum absolute atomic E-state index is 0.180. The fourth-order valence-electron chi connectivity index (χ4n) is 1.80. The zero-order valence-corrected chi connectivity index (χ0v) is 11.5. The van der Waals surface area contributed by atoms with Crippen LogP contribution in [0.4, 0.5) is 0 Å². The van der Waals surface area contributed by atoms with Crippen molar-refractivity contribution in [3.63, 3.8) is 0 Å². The predicted octanol–water partition coefficient (Wildman–Crippen LogP) is 3.94. The fourth-order valence-corrected chi connectivity index (χ4v) is 2.19. The summed E-state index contributed by atoms with van der Waals surface area (Å²) in [6.07, 6.45) is 2.39. The monoisotopic (exact) mass is 280 g/mol.